The minimum atomic E-state index is 0.686. The summed E-state index contributed by atoms with van der Waals surface area (Å²) in [4.78, 5) is 14.2. The van der Waals surface area contributed by atoms with E-state index in [2.05, 4.69) is 86.5 Å². The van der Waals surface area contributed by atoms with Crippen LogP contribution in [-0.4, -0.2) is 70.1 Å². The molecular weight excluding hydrogens is 450 g/mol. The van der Waals surface area contributed by atoms with Gasteiger partial charge in [-0.25, -0.2) is 14.6 Å². The average molecular weight is 484 g/mol. The number of nitrogens with one attached hydrogen (secondary N) is 1. The maximum atomic E-state index is 5.52. The Balaban J connectivity index is 1.18. The van der Waals surface area contributed by atoms with E-state index < -0.39 is 0 Å². The Morgan fingerprint density at radius 3 is 2.28 bits per heavy atom. The number of hydrogen-bond donors (Lipinski definition) is 1. The molecule has 2 fully saturated rings. The number of ether oxygens (including phenoxy) is 1. The van der Waals surface area contributed by atoms with Gasteiger partial charge in [-0.2, -0.15) is 5.10 Å². The van der Waals surface area contributed by atoms with Crippen LogP contribution in [0.2, 0.25) is 0 Å². The smallest absolute Gasteiger partial charge is 0.168 e. The summed E-state index contributed by atoms with van der Waals surface area (Å²) in [5.41, 5.74) is 6.48. The van der Waals surface area contributed by atoms with Gasteiger partial charge >= 0.3 is 0 Å². The zero-order chi connectivity index (χ0) is 24.5. The van der Waals surface area contributed by atoms with Crippen LogP contribution in [-0.2, 0) is 4.74 Å². The number of para-hydroxylation sites is 1. The molecule has 2 aromatic carbocycles. The molecule has 0 bridgehead atoms. The highest BCUT2D eigenvalue weighted by Crippen LogP contribution is 2.29. The van der Waals surface area contributed by atoms with E-state index in [0.29, 0.717) is 6.04 Å². The molecule has 6 rings (SSSR count). The summed E-state index contributed by atoms with van der Waals surface area (Å²) in [7, 11) is 0. The van der Waals surface area contributed by atoms with Crippen LogP contribution in [0, 0.1) is 13.8 Å². The fraction of sp³-hybridized carbons (Fsp3) is 0.393. The Hall–Kier alpha value is -3.49. The summed E-state index contributed by atoms with van der Waals surface area (Å²) in [6.45, 7) is 10.3. The quantitative estimate of drug-likeness (QED) is 0.449. The zero-order valence-corrected chi connectivity index (χ0v) is 21.0. The first kappa shape index (κ1) is 22.9. The van der Waals surface area contributed by atoms with Crippen LogP contribution in [0.25, 0.3) is 16.7 Å². The molecule has 0 spiro atoms. The number of piperidine rings is 1. The summed E-state index contributed by atoms with van der Waals surface area (Å²) in [5.74, 6) is 0.767. The van der Waals surface area contributed by atoms with Gasteiger partial charge < -0.3 is 15.0 Å². The van der Waals surface area contributed by atoms with Crippen LogP contribution in [0.5, 0.6) is 0 Å². The van der Waals surface area contributed by atoms with Crippen LogP contribution in [0.15, 0.2) is 55.0 Å². The SMILES string of the molecule is Cc1cccc(C)c1Nc1ncnc2c1cnn2-c1ccc(N2CCC(N3CCOCC3)CC2)cc1. The lowest BCUT2D eigenvalue weighted by Crippen LogP contribution is -2.49. The second-order valence-electron chi connectivity index (χ2n) is 9.79. The van der Waals surface area contributed by atoms with Crippen molar-refractivity contribution in [1.82, 2.24) is 24.6 Å². The Morgan fingerprint density at radius 2 is 1.56 bits per heavy atom. The topological polar surface area (TPSA) is 71.3 Å². The fourth-order valence-electron chi connectivity index (χ4n) is 5.50. The van der Waals surface area contributed by atoms with Gasteiger partial charge in [0.2, 0.25) is 0 Å². The number of hydrogen-bond acceptors (Lipinski definition) is 7. The molecule has 0 saturated carbocycles. The number of rotatable bonds is 5. The number of fused-ring (bicyclic) bond motifs is 1. The number of aromatic nitrogens is 4. The zero-order valence-electron chi connectivity index (χ0n) is 21.0. The number of benzene rings is 2. The third-order valence-electron chi connectivity index (χ3n) is 7.58. The maximum Gasteiger partial charge on any atom is 0.168 e. The molecule has 36 heavy (non-hydrogen) atoms. The second kappa shape index (κ2) is 9.87. The summed E-state index contributed by atoms with van der Waals surface area (Å²) in [5, 5.41) is 9.07. The van der Waals surface area contributed by atoms with Crippen LogP contribution >= 0.6 is 0 Å². The lowest BCUT2D eigenvalue weighted by molar-refractivity contribution is 0.0115. The van der Waals surface area contributed by atoms with Gasteiger partial charge in [0.1, 0.15) is 12.1 Å². The van der Waals surface area contributed by atoms with E-state index in [1.165, 1.54) is 29.7 Å². The lowest BCUT2D eigenvalue weighted by atomic mass is 10.0. The van der Waals surface area contributed by atoms with Crippen LogP contribution in [0.3, 0.4) is 0 Å². The number of aryl methyl sites for hydroxylation is 2. The van der Waals surface area contributed by atoms with Crippen LogP contribution in [0.1, 0.15) is 24.0 Å². The third kappa shape index (κ3) is 4.42. The van der Waals surface area contributed by atoms with E-state index in [9.17, 15) is 0 Å². The third-order valence-corrected chi connectivity index (χ3v) is 7.58. The molecular formula is C28H33N7O. The van der Waals surface area contributed by atoms with Crippen LogP contribution < -0.4 is 10.2 Å². The molecule has 186 valence electrons. The van der Waals surface area contributed by atoms with Crippen molar-refractivity contribution in [3.8, 4) is 5.69 Å². The summed E-state index contributed by atoms with van der Waals surface area (Å²) in [6.07, 6.45) is 5.86. The molecule has 2 aliphatic heterocycles. The van der Waals surface area contributed by atoms with Gasteiger partial charge in [0, 0.05) is 43.6 Å². The van der Waals surface area contributed by atoms with Crippen molar-refractivity contribution in [2.24, 2.45) is 0 Å². The Kier molecular flexibility index (Phi) is 6.29. The predicted octanol–water partition coefficient (Wildman–Crippen LogP) is 4.48. The van der Waals surface area contributed by atoms with Crippen molar-refractivity contribution in [3.63, 3.8) is 0 Å². The van der Waals surface area contributed by atoms with E-state index >= 15 is 0 Å². The van der Waals surface area contributed by atoms with Crippen molar-refractivity contribution in [3.05, 3.63) is 66.1 Å². The van der Waals surface area contributed by atoms with E-state index in [0.717, 1.165) is 67.6 Å². The standard InChI is InChI=1S/C28H33N7O/c1-20-4-3-5-21(2)26(20)32-27-25-18-31-35(28(25)30-19-29-27)24-8-6-22(7-9-24)33-12-10-23(11-13-33)34-14-16-36-17-15-34/h3-9,18-19,23H,10-17H2,1-2H3,(H,29,30,32). The van der Waals surface area contributed by atoms with Crippen molar-refractivity contribution in [2.75, 3.05) is 49.6 Å². The number of anilines is 3. The fourth-order valence-corrected chi connectivity index (χ4v) is 5.50. The van der Waals surface area contributed by atoms with Crippen molar-refractivity contribution in [1.29, 1.82) is 0 Å². The van der Waals surface area contributed by atoms with E-state index in [1.807, 2.05) is 10.9 Å². The largest absolute Gasteiger partial charge is 0.379 e. The molecule has 0 unspecified atom stereocenters. The Morgan fingerprint density at radius 1 is 0.861 bits per heavy atom. The molecule has 2 aromatic heterocycles. The molecule has 4 heterocycles. The van der Waals surface area contributed by atoms with E-state index in [1.54, 1.807) is 6.33 Å². The van der Waals surface area contributed by atoms with Crippen molar-refractivity contribution >= 4 is 28.2 Å². The molecule has 2 saturated heterocycles. The van der Waals surface area contributed by atoms with Gasteiger partial charge in [0.25, 0.3) is 0 Å². The second-order valence-corrected chi connectivity index (χ2v) is 9.79. The summed E-state index contributed by atoms with van der Waals surface area (Å²) in [6, 6.07) is 15.6. The van der Waals surface area contributed by atoms with Gasteiger partial charge in [-0.1, -0.05) is 18.2 Å². The predicted molar refractivity (Wildman–Crippen MR) is 143 cm³/mol. The van der Waals surface area contributed by atoms with Gasteiger partial charge in [-0.05, 0) is 62.1 Å². The maximum absolute atomic E-state index is 5.52. The Bertz CT molecular complexity index is 1320. The van der Waals surface area contributed by atoms with Gasteiger partial charge in [0.05, 0.1) is 30.5 Å². The first-order chi connectivity index (χ1) is 17.7. The molecule has 2 aliphatic rings. The average Bonchev–Trinajstić information content (AvgIpc) is 3.37. The molecule has 0 aliphatic carbocycles. The summed E-state index contributed by atoms with van der Waals surface area (Å²) >= 11 is 0. The molecule has 0 radical (unpaired) electrons. The van der Waals surface area contributed by atoms with Gasteiger partial charge in [-0.3, -0.25) is 4.90 Å². The first-order valence-electron chi connectivity index (χ1n) is 12.9. The number of morpholine rings is 1. The van der Waals surface area contributed by atoms with Gasteiger partial charge in [0.15, 0.2) is 5.65 Å². The lowest BCUT2D eigenvalue weighted by Gasteiger charge is -2.40. The van der Waals surface area contributed by atoms with E-state index in [4.69, 9.17) is 4.74 Å². The highest BCUT2D eigenvalue weighted by atomic mass is 16.5. The van der Waals surface area contributed by atoms with Crippen molar-refractivity contribution < 1.29 is 4.74 Å². The highest BCUT2D eigenvalue weighted by Gasteiger charge is 2.26. The molecule has 0 atom stereocenters. The molecule has 8 nitrogen and oxygen atoms in total. The Labute approximate surface area is 211 Å². The molecule has 0 amide bonds. The summed E-state index contributed by atoms with van der Waals surface area (Å²) < 4.78 is 7.41. The minimum absolute atomic E-state index is 0.686. The highest BCUT2D eigenvalue weighted by molar-refractivity contribution is 5.89. The van der Waals surface area contributed by atoms with Crippen LogP contribution in [0.4, 0.5) is 17.2 Å². The van der Waals surface area contributed by atoms with Gasteiger partial charge in [-0.15, -0.1) is 0 Å². The van der Waals surface area contributed by atoms with Crippen molar-refractivity contribution in [2.45, 2.75) is 32.7 Å². The minimum Gasteiger partial charge on any atom is -0.379 e. The monoisotopic (exact) mass is 483 g/mol. The molecule has 1 N–H and O–H groups in total. The molecule has 4 aromatic rings. The first-order valence-corrected chi connectivity index (χ1v) is 12.9. The molecule has 8 heteroatoms. The van der Waals surface area contributed by atoms with E-state index in [-0.39, 0.29) is 0 Å². The normalized spacial score (nSPS) is 17.6. The number of nitrogens with zero attached hydrogens (tertiary/aromatic N) is 6.